The Kier molecular flexibility index (Phi) is 3.28. The molecule has 0 atom stereocenters. The van der Waals surface area contributed by atoms with Crippen molar-refractivity contribution in [2.75, 3.05) is 5.73 Å². The largest absolute Gasteiger partial charge is 0.383 e. The van der Waals surface area contributed by atoms with Crippen molar-refractivity contribution in [3.05, 3.63) is 46.9 Å². The first-order valence-corrected chi connectivity index (χ1v) is 5.58. The van der Waals surface area contributed by atoms with E-state index in [4.69, 9.17) is 11.0 Å². The van der Waals surface area contributed by atoms with Gasteiger partial charge in [0.2, 0.25) is 0 Å². The summed E-state index contributed by atoms with van der Waals surface area (Å²) in [6, 6.07) is 8.63. The fourth-order valence-electron chi connectivity index (χ4n) is 1.85. The molecule has 0 radical (unpaired) electrons. The molecule has 0 saturated carbocycles. The summed E-state index contributed by atoms with van der Waals surface area (Å²) in [5.74, 6) is 0.112. The van der Waals surface area contributed by atoms with Crippen LogP contribution in [0.1, 0.15) is 16.8 Å². The zero-order valence-electron chi connectivity index (χ0n) is 10.0. The lowest BCUT2D eigenvalue weighted by molar-refractivity contribution is 0.607. The van der Waals surface area contributed by atoms with Crippen LogP contribution in [0, 0.1) is 17.1 Å². The molecule has 4 nitrogen and oxygen atoms in total. The third kappa shape index (κ3) is 2.18. The maximum absolute atomic E-state index is 13.4. The third-order valence-electron chi connectivity index (χ3n) is 2.86. The lowest BCUT2D eigenvalue weighted by atomic mass is 10.1. The topological polar surface area (TPSA) is 67.6 Å². The van der Waals surface area contributed by atoms with Gasteiger partial charge in [0.15, 0.2) is 0 Å². The van der Waals surface area contributed by atoms with Crippen molar-refractivity contribution in [3.8, 4) is 6.07 Å². The molecule has 92 valence electrons. The van der Waals surface area contributed by atoms with Crippen LogP contribution in [0.5, 0.6) is 0 Å². The van der Waals surface area contributed by atoms with Crippen molar-refractivity contribution < 1.29 is 4.39 Å². The summed E-state index contributed by atoms with van der Waals surface area (Å²) in [5, 5.41) is 13.2. The van der Waals surface area contributed by atoms with Crippen LogP contribution in [0.3, 0.4) is 0 Å². The minimum absolute atomic E-state index is 0.236. The first kappa shape index (κ1) is 12.1. The Bertz CT molecular complexity index is 610. The minimum Gasteiger partial charge on any atom is -0.383 e. The van der Waals surface area contributed by atoms with Crippen LogP contribution in [-0.4, -0.2) is 9.78 Å². The maximum atomic E-state index is 13.4. The van der Waals surface area contributed by atoms with Crippen molar-refractivity contribution in [1.82, 2.24) is 9.78 Å². The number of nitrogens with two attached hydrogens (primary N) is 1. The quantitative estimate of drug-likeness (QED) is 0.895. The van der Waals surface area contributed by atoms with Crippen molar-refractivity contribution in [1.29, 1.82) is 5.26 Å². The van der Waals surface area contributed by atoms with Crippen LogP contribution in [0.2, 0.25) is 0 Å². The maximum Gasteiger partial charge on any atom is 0.139 e. The summed E-state index contributed by atoms with van der Waals surface area (Å²) >= 11 is 0. The number of nitriles is 1. The van der Waals surface area contributed by atoms with Gasteiger partial charge < -0.3 is 5.73 Å². The molecule has 18 heavy (non-hydrogen) atoms. The zero-order chi connectivity index (χ0) is 13.1. The van der Waals surface area contributed by atoms with Gasteiger partial charge in [-0.2, -0.15) is 10.4 Å². The van der Waals surface area contributed by atoms with E-state index >= 15 is 0 Å². The lowest BCUT2D eigenvalue weighted by Gasteiger charge is -2.01. The van der Waals surface area contributed by atoms with Gasteiger partial charge in [0, 0.05) is 7.05 Å². The number of halogens is 1. The van der Waals surface area contributed by atoms with E-state index in [9.17, 15) is 4.39 Å². The van der Waals surface area contributed by atoms with Gasteiger partial charge in [-0.25, -0.2) is 4.39 Å². The van der Waals surface area contributed by atoms with Gasteiger partial charge in [-0.1, -0.05) is 18.2 Å². The van der Waals surface area contributed by atoms with Crippen LogP contribution in [-0.2, 0) is 19.9 Å². The molecule has 0 amide bonds. The number of benzene rings is 1. The van der Waals surface area contributed by atoms with Gasteiger partial charge in [0.1, 0.15) is 23.3 Å². The van der Waals surface area contributed by atoms with Gasteiger partial charge in [-0.05, 0) is 24.5 Å². The summed E-state index contributed by atoms with van der Waals surface area (Å²) in [4.78, 5) is 0. The molecule has 0 aliphatic heterocycles. The molecule has 2 aromatic rings. The second-order valence-corrected chi connectivity index (χ2v) is 4.03. The number of rotatable bonds is 3. The van der Waals surface area contributed by atoms with Crippen LogP contribution in [0.15, 0.2) is 24.3 Å². The Morgan fingerprint density at radius 3 is 2.78 bits per heavy atom. The van der Waals surface area contributed by atoms with Crippen molar-refractivity contribution in [2.24, 2.45) is 7.05 Å². The highest BCUT2D eigenvalue weighted by molar-refractivity contribution is 5.52. The monoisotopic (exact) mass is 244 g/mol. The van der Waals surface area contributed by atoms with Gasteiger partial charge in [0.25, 0.3) is 0 Å². The number of hydrogen-bond acceptors (Lipinski definition) is 3. The average molecular weight is 244 g/mol. The average Bonchev–Trinajstić information content (AvgIpc) is 2.64. The summed E-state index contributed by atoms with van der Waals surface area (Å²) in [6.07, 6.45) is 0.993. The van der Waals surface area contributed by atoms with Gasteiger partial charge in [-0.15, -0.1) is 0 Å². The Balaban J connectivity index is 2.19. The molecule has 2 N–H and O–H groups in total. The van der Waals surface area contributed by atoms with E-state index in [2.05, 4.69) is 5.10 Å². The highest BCUT2D eigenvalue weighted by atomic mass is 19.1. The highest BCUT2D eigenvalue weighted by Gasteiger charge is 2.13. The molecular formula is C13H13FN4. The SMILES string of the molecule is Cn1nc(CCc2ccccc2F)c(C#N)c1N. The molecule has 0 aliphatic rings. The Hall–Kier alpha value is -2.35. The first-order valence-electron chi connectivity index (χ1n) is 5.58. The number of aromatic nitrogens is 2. The smallest absolute Gasteiger partial charge is 0.139 e. The molecule has 2 rings (SSSR count). The van der Waals surface area contributed by atoms with E-state index in [1.165, 1.54) is 10.7 Å². The molecule has 1 aromatic carbocycles. The molecule has 1 heterocycles. The van der Waals surface area contributed by atoms with Crippen LogP contribution < -0.4 is 5.73 Å². The summed E-state index contributed by atoms with van der Waals surface area (Å²) < 4.78 is 14.9. The molecule has 0 saturated heterocycles. The number of nitrogen functional groups attached to an aromatic ring is 1. The summed E-state index contributed by atoms with van der Waals surface area (Å²) in [6.45, 7) is 0. The van der Waals surface area contributed by atoms with Crippen LogP contribution in [0.25, 0.3) is 0 Å². The Morgan fingerprint density at radius 1 is 1.39 bits per heavy atom. The van der Waals surface area contributed by atoms with E-state index in [0.29, 0.717) is 35.5 Å². The number of hydrogen-bond donors (Lipinski definition) is 1. The van der Waals surface area contributed by atoms with E-state index < -0.39 is 0 Å². The highest BCUT2D eigenvalue weighted by Crippen LogP contribution is 2.17. The number of anilines is 1. The van der Waals surface area contributed by atoms with Crippen molar-refractivity contribution in [2.45, 2.75) is 12.8 Å². The molecule has 0 aliphatic carbocycles. The van der Waals surface area contributed by atoms with Gasteiger partial charge >= 0.3 is 0 Å². The number of nitrogens with zero attached hydrogens (tertiary/aromatic N) is 3. The fourth-order valence-corrected chi connectivity index (χ4v) is 1.85. The first-order chi connectivity index (χ1) is 8.63. The predicted molar refractivity (Wildman–Crippen MR) is 66.1 cm³/mol. The molecule has 5 heteroatoms. The Labute approximate surface area is 104 Å². The van der Waals surface area contributed by atoms with Crippen molar-refractivity contribution in [3.63, 3.8) is 0 Å². The van der Waals surface area contributed by atoms with Crippen LogP contribution in [0.4, 0.5) is 10.2 Å². The molecule has 0 fully saturated rings. The van der Waals surface area contributed by atoms with E-state index in [-0.39, 0.29) is 5.82 Å². The van der Waals surface area contributed by atoms with Gasteiger partial charge in [0.05, 0.1) is 5.69 Å². The second kappa shape index (κ2) is 4.88. The second-order valence-electron chi connectivity index (χ2n) is 4.03. The Morgan fingerprint density at radius 2 is 2.11 bits per heavy atom. The third-order valence-corrected chi connectivity index (χ3v) is 2.86. The van der Waals surface area contributed by atoms with Gasteiger partial charge in [-0.3, -0.25) is 4.68 Å². The standard InChI is InChI=1S/C13H13FN4/c1-18-13(16)10(8-15)12(17-18)7-6-9-4-2-3-5-11(9)14/h2-5H,6-7,16H2,1H3. The lowest BCUT2D eigenvalue weighted by Crippen LogP contribution is -1.98. The zero-order valence-corrected chi connectivity index (χ0v) is 10.0. The fraction of sp³-hybridized carbons (Fsp3) is 0.231. The predicted octanol–water partition coefficient (Wildman–Crippen LogP) is 1.80. The minimum atomic E-state index is -0.236. The van der Waals surface area contributed by atoms with E-state index in [1.54, 1.807) is 25.2 Å². The molecule has 0 spiro atoms. The normalized spacial score (nSPS) is 10.3. The molecule has 0 unspecified atom stereocenters. The molecule has 1 aromatic heterocycles. The number of aryl methyl sites for hydroxylation is 3. The molecular weight excluding hydrogens is 231 g/mol. The van der Waals surface area contributed by atoms with Crippen molar-refractivity contribution >= 4 is 5.82 Å². The summed E-state index contributed by atoms with van der Waals surface area (Å²) in [7, 11) is 1.68. The van der Waals surface area contributed by atoms with E-state index in [0.717, 1.165) is 0 Å². The van der Waals surface area contributed by atoms with E-state index in [1.807, 2.05) is 6.07 Å². The molecule has 0 bridgehead atoms. The summed E-state index contributed by atoms with van der Waals surface area (Å²) in [5.41, 5.74) is 7.33. The van der Waals surface area contributed by atoms with Crippen LogP contribution >= 0.6 is 0 Å².